The molecular weight excluding hydrogens is 263 g/mol. The molecule has 0 saturated carbocycles. The number of benzene rings is 1. The third-order valence-corrected chi connectivity index (χ3v) is 4.82. The molecule has 0 amide bonds. The van der Waals surface area contributed by atoms with Gasteiger partial charge in [-0.05, 0) is 38.5 Å². The Morgan fingerprint density at radius 3 is 2.53 bits per heavy atom. The molecule has 5 heteroatoms. The summed E-state index contributed by atoms with van der Waals surface area (Å²) in [6, 6.07) is 7.68. The number of hydrogen-bond donors (Lipinski definition) is 0. The molecule has 2 rings (SSSR count). The molecule has 0 saturated heterocycles. The molecule has 0 aliphatic carbocycles. The maximum atomic E-state index is 12.6. The summed E-state index contributed by atoms with van der Waals surface area (Å²) in [5.41, 5.74) is 1.73. The highest BCUT2D eigenvalue weighted by Crippen LogP contribution is 2.52. The van der Waals surface area contributed by atoms with Crippen LogP contribution in [-0.4, -0.2) is 13.2 Å². The van der Waals surface area contributed by atoms with Crippen molar-refractivity contribution in [3.63, 3.8) is 0 Å². The SMILES string of the molecule is CCOP(=O)(Cc1cccc2oc(C)cc12)OCC. The number of furan rings is 1. The lowest BCUT2D eigenvalue weighted by Gasteiger charge is -2.17. The van der Waals surface area contributed by atoms with Crippen molar-refractivity contribution in [1.29, 1.82) is 0 Å². The van der Waals surface area contributed by atoms with Crippen LogP contribution in [0.15, 0.2) is 28.7 Å². The van der Waals surface area contributed by atoms with Crippen LogP contribution in [0.1, 0.15) is 25.2 Å². The van der Waals surface area contributed by atoms with Gasteiger partial charge in [0.25, 0.3) is 0 Å². The molecule has 0 spiro atoms. The van der Waals surface area contributed by atoms with Crippen molar-refractivity contribution in [3.8, 4) is 0 Å². The van der Waals surface area contributed by atoms with Gasteiger partial charge in [0.2, 0.25) is 0 Å². The number of rotatable bonds is 6. The highest BCUT2D eigenvalue weighted by Gasteiger charge is 2.25. The van der Waals surface area contributed by atoms with E-state index in [0.717, 1.165) is 22.3 Å². The van der Waals surface area contributed by atoms with E-state index in [4.69, 9.17) is 13.5 Å². The highest BCUT2D eigenvalue weighted by molar-refractivity contribution is 7.53. The Morgan fingerprint density at radius 2 is 1.89 bits per heavy atom. The Balaban J connectivity index is 2.36. The Bertz CT molecular complexity index is 593. The van der Waals surface area contributed by atoms with Gasteiger partial charge in [-0.3, -0.25) is 4.57 Å². The predicted molar refractivity (Wildman–Crippen MR) is 75.5 cm³/mol. The third-order valence-electron chi connectivity index (χ3n) is 2.79. The molecule has 104 valence electrons. The van der Waals surface area contributed by atoms with E-state index < -0.39 is 7.60 Å². The number of fused-ring (bicyclic) bond motifs is 1. The molecule has 1 aromatic carbocycles. The van der Waals surface area contributed by atoms with Crippen LogP contribution in [0.5, 0.6) is 0 Å². The Labute approximate surface area is 113 Å². The van der Waals surface area contributed by atoms with E-state index in [1.165, 1.54) is 0 Å². The van der Waals surface area contributed by atoms with Gasteiger partial charge < -0.3 is 13.5 Å². The van der Waals surface area contributed by atoms with Crippen molar-refractivity contribution in [2.75, 3.05) is 13.2 Å². The summed E-state index contributed by atoms with van der Waals surface area (Å²) in [4.78, 5) is 0. The molecule has 0 aliphatic rings. The molecule has 1 aromatic heterocycles. The fourth-order valence-electron chi connectivity index (χ4n) is 2.12. The van der Waals surface area contributed by atoms with Crippen molar-refractivity contribution >= 4 is 18.6 Å². The molecule has 0 N–H and O–H groups in total. The van der Waals surface area contributed by atoms with E-state index in [1.807, 2.05) is 45.0 Å². The lowest BCUT2D eigenvalue weighted by molar-refractivity contribution is 0.219. The van der Waals surface area contributed by atoms with Gasteiger partial charge in [0.05, 0.1) is 19.4 Å². The number of hydrogen-bond acceptors (Lipinski definition) is 4. The normalized spacial score (nSPS) is 12.2. The van der Waals surface area contributed by atoms with Gasteiger partial charge in [-0.15, -0.1) is 0 Å². The van der Waals surface area contributed by atoms with Gasteiger partial charge in [-0.2, -0.15) is 0 Å². The fraction of sp³-hybridized carbons (Fsp3) is 0.429. The molecular formula is C14H19O4P. The second kappa shape index (κ2) is 5.91. The fourth-order valence-corrected chi connectivity index (χ4v) is 3.85. The molecule has 4 nitrogen and oxygen atoms in total. The second-order valence-electron chi connectivity index (χ2n) is 4.29. The van der Waals surface area contributed by atoms with Crippen molar-refractivity contribution in [2.45, 2.75) is 26.9 Å². The summed E-state index contributed by atoms with van der Waals surface area (Å²) in [6.45, 7) is 6.27. The van der Waals surface area contributed by atoms with Crippen molar-refractivity contribution < 1.29 is 18.0 Å². The summed E-state index contributed by atoms with van der Waals surface area (Å²) < 4.78 is 28.8. The lowest BCUT2D eigenvalue weighted by Crippen LogP contribution is -1.99. The van der Waals surface area contributed by atoms with E-state index in [9.17, 15) is 4.57 Å². The number of aryl methyl sites for hydroxylation is 1. The van der Waals surface area contributed by atoms with Crippen LogP contribution in [0.25, 0.3) is 11.0 Å². The maximum absolute atomic E-state index is 12.6. The minimum absolute atomic E-state index is 0.269. The van der Waals surface area contributed by atoms with Gasteiger partial charge >= 0.3 is 7.60 Å². The lowest BCUT2D eigenvalue weighted by atomic mass is 10.1. The van der Waals surface area contributed by atoms with Crippen LogP contribution >= 0.6 is 7.60 Å². The van der Waals surface area contributed by atoms with Gasteiger partial charge in [-0.1, -0.05) is 12.1 Å². The Hall–Kier alpha value is -1.09. The minimum atomic E-state index is -3.08. The summed E-state index contributed by atoms with van der Waals surface area (Å²) >= 11 is 0. The summed E-state index contributed by atoms with van der Waals surface area (Å²) in [7, 11) is -3.08. The van der Waals surface area contributed by atoms with E-state index in [1.54, 1.807) is 0 Å². The third kappa shape index (κ3) is 3.27. The highest BCUT2D eigenvalue weighted by atomic mass is 31.2. The van der Waals surface area contributed by atoms with Crippen molar-refractivity contribution in [2.24, 2.45) is 0 Å². The van der Waals surface area contributed by atoms with Crippen LogP contribution in [-0.2, 0) is 19.8 Å². The zero-order chi connectivity index (χ0) is 13.9. The molecule has 1 heterocycles. The first-order valence-corrected chi connectivity index (χ1v) is 8.17. The Kier molecular flexibility index (Phi) is 4.46. The van der Waals surface area contributed by atoms with Crippen LogP contribution in [0.4, 0.5) is 0 Å². The zero-order valence-electron chi connectivity index (χ0n) is 11.5. The van der Waals surface area contributed by atoms with Crippen LogP contribution in [0.3, 0.4) is 0 Å². The Morgan fingerprint density at radius 1 is 1.21 bits per heavy atom. The van der Waals surface area contributed by atoms with Gasteiger partial charge in [-0.25, -0.2) is 0 Å². The first-order valence-electron chi connectivity index (χ1n) is 6.44. The molecule has 0 atom stereocenters. The summed E-state index contributed by atoms with van der Waals surface area (Å²) in [5, 5.41) is 0.972. The predicted octanol–water partition coefficient (Wildman–Crippen LogP) is 4.51. The average Bonchev–Trinajstić information content (AvgIpc) is 2.71. The molecule has 0 fully saturated rings. The summed E-state index contributed by atoms with van der Waals surface area (Å²) in [6.07, 6.45) is 0.269. The van der Waals surface area contributed by atoms with Gasteiger partial charge in [0.1, 0.15) is 11.3 Å². The largest absolute Gasteiger partial charge is 0.461 e. The topological polar surface area (TPSA) is 48.7 Å². The molecule has 0 bridgehead atoms. The molecule has 0 radical (unpaired) electrons. The minimum Gasteiger partial charge on any atom is -0.461 e. The van der Waals surface area contributed by atoms with Crippen molar-refractivity contribution in [1.82, 2.24) is 0 Å². The average molecular weight is 282 g/mol. The van der Waals surface area contributed by atoms with E-state index in [0.29, 0.717) is 13.2 Å². The zero-order valence-corrected chi connectivity index (χ0v) is 12.4. The monoisotopic (exact) mass is 282 g/mol. The van der Waals surface area contributed by atoms with E-state index in [2.05, 4.69) is 0 Å². The second-order valence-corrected chi connectivity index (χ2v) is 6.35. The van der Waals surface area contributed by atoms with Crippen LogP contribution in [0.2, 0.25) is 0 Å². The quantitative estimate of drug-likeness (QED) is 0.731. The van der Waals surface area contributed by atoms with Crippen molar-refractivity contribution in [3.05, 3.63) is 35.6 Å². The van der Waals surface area contributed by atoms with Gasteiger partial charge in [0.15, 0.2) is 0 Å². The standard InChI is InChI=1S/C14H19O4P/c1-4-16-19(15,17-5-2)10-12-7-6-8-14-13(12)9-11(3)18-14/h6-9H,4-5,10H2,1-3H3. The van der Waals surface area contributed by atoms with E-state index >= 15 is 0 Å². The molecule has 0 unspecified atom stereocenters. The maximum Gasteiger partial charge on any atom is 0.335 e. The summed E-state index contributed by atoms with van der Waals surface area (Å²) in [5.74, 6) is 0.838. The van der Waals surface area contributed by atoms with Crippen LogP contribution in [0, 0.1) is 6.92 Å². The van der Waals surface area contributed by atoms with Crippen LogP contribution < -0.4 is 0 Å². The first kappa shape index (κ1) is 14.3. The molecule has 2 aromatic rings. The smallest absolute Gasteiger partial charge is 0.335 e. The first-order chi connectivity index (χ1) is 9.08. The molecule has 0 aliphatic heterocycles. The van der Waals surface area contributed by atoms with Gasteiger partial charge in [0, 0.05) is 5.39 Å². The molecule has 19 heavy (non-hydrogen) atoms. The van der Waals surface area contributed by atoms with E-state index in [-0.39, 0.29) is 6.16 Å².